The average Bonchev–Trinajstić information content (AvgIpc) is 2.66. The highest BCUT2D eigenvalue weighted by Crippen LogP contribution is 2.38. The Labute approximate surface area is 175 Å². The minimum Gasteiger partial charge on any atom is -0.507 e. The van der Waals surface area contributed by atoms with Gasteiger partial charge in [0.2, 0.25) is 0 Å². The number of hydrogen-bond donors (Lipinski definition) is 2. The first kappa shape index (κ1) is 21.0. The molecule has 0 heterocycles. The highest BCUT2D eigenvalue weighted by Gasteiger charge is 2.24. The number of aromatic hydroxyl groups is 1. The maximum atomic E-state index is 11.0. The highest BCUT2D eigenvalue weighted by atomic mass is 16.3. The van der Waals surface area contributed by atoms with E-state index >= 15 is 0 Å². The van der Waals surface area contributed by atoms with E-state index in [0.29, 0.717) is 12.3 Å². The van der Waals surface area contributed by atoms with Crippen LogP contribution in [0, 0.1) is 0 Å². The molecule has 0 aliphatic rings. The first-order chi connectivity index (χ1) is 13.6. The summed E-state index contributed by atoms with van der Waals surface area (Å²) in [5.74, 6) is 0.398. The number of phenolic OH excluding ortho intramolecular Hbond substituents is 1. The van der Waals surface area contributed by atoms with Crippen molar-refractivity contribution in [1.82, 2.24) is 0 Å². The van der Waals surface area contributed by atoms with Crippen molar-refractivity contribution in [3.8, 4) is 16.9 Å². The van der Waals surface area contributed by atoms with Crippen LogP contribution in [0.3, 0.4) is 0 Å². The molecule has 3 rings (SSSR count). The molecule has 0 radical (unpaired) electrons. The smallest absolute Gasteiger partial charge is 0.124 e. The van der Waals surface area contributed by atoms with Crippen molar-refractivity contribution >= 4 is 5.69 Å². The Bertz CT molecular complexity index is 976. The Balaban J connectivity index is 1.98. The molecule has 0 aromatic heterocycles. The molecule has 2 N–H and O–H groups in total. The van der Waals surface area contributed by atoms with E-state index in [1.54, 1.807) is 0 Å². The van der Waals surface area contributed by atoms with Crippen molar-refractivity contribution in [3.63, 3.8) is 0 Å². The van der Waals surface area contributed by atoms with E-state index in [-0.39, 0.29) is 10.8 Å². The van der Waals surface area contributed by atoms with E-state index in [1.165, 1.54) is 11.1 Å². The second-order valence-electron chi connectivity index (χ2n) is 9.80. The number of hydrogen-bond acceptors (Lipinski definition) is 2. The van der Waals surface area contributed by atoms with Crippen LogP contribution in [0.2, 0.25) is 0 Å². The van der Waals surface area contributed by atoms with Crippen molar-refractivity contribution in [2.24, 2.45) is 0 Å². The molecule has 2 nitrogen and oxygen atoms in total. The molecule has 0 saturated heterocycles. The quantitative estimate of drug-likeness (QED) is 0.493. The molecule has 0 amide bonds. The van der Waals surface area contributed by atoms with Crippen LogP contribution in [0.5, 0.6) is 5.75 Å². The topological polar surface area (TPSA) is 32.3 Å². The standard InChI is InChI=1S/C27H33NO/c1-26(2,3)21-16-20(25(29)23(17-21)27(4,5)6)18-28-24-15-11-10-14-22(24)19-12-8-7-9-13-19/h7-17,28-29H,18H2,1-6H3. The van der Waals surface area contributed by atoms with E-state index in [0.717, 1.165) is 22.4 Å². The van der Waals surface area contributed by atoms with Gasteiger partial charge in [-0.15, -0.1) is 0 Å². The Morgan fingerprint density at radius 2 is 1.38 bits per heavy atom. The molecule has 0 bridgehead atoms. The van der Waals surface area contributed by atoms with Crippen LogP contribution in [0.25, 0.3) is 11.1 Å². The summed E-state index contributed by atoms with van der Waals surface area (Å²) in [6.07, 6.45) is 0. The minimum atomic E-state index is -0.123. The minimum absolute atomic E-state index is 0.0182. The van der Waals surface area contributed by atoms with Gasteiger partial charge in [-0.2, -0.15) is 0 Å². The summed E-state index contributed by atoms with van der Waals surface area (Å²) in [5, 5.41) is 14.6. The molecule has 3 aromatic rings. The number of anilines is 1. The Hall–Kier alpha value is -2.74. The molecule has 0 atom stereocenters. The van der Waals surface area contributed by atoms with Gasteiger partial charge in [-0.1, -0.05) is 96.1 Å². The van der Waals surface area contributed by atoms with Gasteiger partial charge in [0, 0.05) is 23.4 Å². The maximum absolute atomic E-state index is 11.0. The molecule has 3 aromatic carbocycles. The molecule has 0 unspecified atom stereocenters. The molecule has 2 heteroatoms. The lowest BCUT2D eigenvalue weighted by molar-refractivity contribution is 0.439. The SMILES string of the molecule is CC(C)(C)c1cc(CNc2ccccc2-c2ccccc2)c(O)c(C(C)(C)C)c1. The fraction of sp³-hybridized carbons (Fsp3) is 0.333. The fourth-order valence-corrected chi connectivity index (χ4v) is 3.53. The van der Waals surface area contributed by atoms with E-state index < -0.39 is 0 Å². The van der Waals surface area contributed by atoms with Gasteiger partial charge in [-0.05, 0) is 39.7 Å². The molecule has 0 aliphatic carbocycles. The second-order valence-corrected chi connectivity index (χ2v) is 9.80. The summed E-state index contributed by atoms with van der Waals surface area (Å²) >= 11 is 0. The monoisotopic (exact) mass is 387 g/mol. The highest BCUT2D eigenvalue weighted by molar-refractivity contribution is 5.77. The van der Waals surface area contributed by atoms with E-state index in [1.807, 2.05) is 12.1 Å². The fourth-order valence-electron chi connectivity index (χ4n) is 3.53. The third-order valence-corrected chi connectivity index (χ3v) is 5.34. The normalized spacial score (nSPS) is 12.1. The predicted molar refractivity (Wildman–Crippen MR) is 125 cm³/mol. The summed E-state index contributed by atoms with van der Waals surface area (Å²) in [6, 6.07) is 23.0. The van der Waals surface area contributed by atoms with Crippen molar-refractivity contribution < 1.29 is 5.11 Å². The summed E-state index contributed by atoms with van der Waals surface area (Å²) in [7, 11) is 0. The Morgan fingerprint density at radius 1 is 0.759 bits per heavy atom. The van der Waals surface area contributed by atoms with E-state index in [4.69, 9.17) is 0 Å². The summed E-state index contributed by atoms with van der Waals surface area (Å²) in [6.45, 7) is 13.7. The first-order valence-corrected chi connectivity index (χ1v) is 10.3. The Kier molecular flexibility index (Phi) is 5.75. The molecule has 0 fully saturated rings. The third kappa shape index (κ3) is 4.82. The maximum Gasteiger partial charge on any atom is 0.124 e. The number of rotatable bonds is 4. The number of nitrogens with one attached hydrogen (secondary N) is 1. The van der Waals surface area contributed by atoms with Gasteiger partial charge >= 0.3 is 0 Å². The molecule has 0 aliphatic heterocycles. The zero-order valence-corrected chi connectivity index (χ0v) is 18.5. The van der Waals surface area contributed by atoms with Gasteiger partial charge in [-0.3, -0.25) is 0 Å². The van der Waals surface area contributed by atoms with Gasteiger partial charge in [0.25, 0.3) is 0 Å². The number of para-hydroxylation sites is 1. The average molecular weight is 388 g/mol. The largest absolute Gasteiger partial charge is 0.507 e. The van der Waals surface area contributed by atoms with Gasteiger partial charge in [0.15, 0.2) is 0 Å². The number of benzene rings is 3. The van der Waals surface area contributed by atoms with Crippen LogP contribution >= 0.6 is 0 Å². The lowest BCUT2D eigenvalue weighted by atomic mass is 9.79. The summed E-state index contributed by atoms with van der Waals surface area (Å²) in [4.78, 5) is 0. The van der Waals surface area contributed by atoms with Crippen molar-refractivity contribution in [1.29, 1.82) is 0 Å². The summed E-state index contributed by atoms with van der Waals surface area (Å²) < 4.78 is 0. The lowest BCUT2D eigenvalue weighted by Gasteiger charge is -2.28. The van der Waals surface area contributed by atoms with E-state index in [9.17, 15) is 5.11 Å². The Morgan fingerprint density at radius 3 is 2.00 bits per heavy atom. The van der Waals surface area contributed by atoms with Gasteiger partial charge in [-0.25, -0.2) is 0 Å². The van der Waals surface area contributed by atoms with Crippen molar-refractivity contribution in [2.75, 3.05) is 5.32 Å². The van der Waals surface area contributed by atoms with Crippen LogP contribution in [0.15, 0.2) is 66.7 Å². The molecular weight excluding hydrogens is 354 g/mol. The molecule has 0 saturated carbocycles. The van der Waals surface area contributed by atoms with Crippen LogP contribution in [0.4, 0.5) is 5.69 Å². The van der Waals surface area contributed by atoms with Gasteiger partial charge in [0.1, 0.15) is 5.75 Å². The molecule has 29 heavy (non-hydrogen) atoms. The lowest BCUT2D eigenvalue weighted by Crippen LogP contribution is -2.18. The zero-order chi connectivity index (χ0) is 21.2. The van der Waals surface area contributed by atoms with Gasteiger partial charge < -0.3 is 10.4 Å². The second kappa shape index (κ2) is 7.94. The van der Waals surface area contributed by atoms with Crippen LogP contribution in [-0.2, 0) is 17.4 Å². The first-order valence-electron chi connectivity index (χ1n) is 10.3. The molecule has 0 spiro atoms. The number of phenols is 1. The van der Waals surface area contributed by atoms with Crippen LogP contribution in [0.1, 0.15) is 58.2 Å². The van der Waals surface area contributed by atoms with E-state index in [2.05, 4.69) is 101 Å². The summed E-state index contributed by atoms with van der Waals surface area (Å²) in [5.41, 5.74) is 6.48. The molecular formula is C27H33NO. The molecule has 152 valence electrons. The van der Waals surface area contributed by atoms with Crippen molar-refractivity contribution in [2.45, 2.75) is 58.9 Å². The van der Waals surface area contributed by atoms with Crippen LogP contribution in [-0.4, -0.2) is 5.11 Å². The van der Waals surface area contributed by atoms with Crippen molar-refractivity contribution in [3.05, 3.63) is 83.4 Å². The van der Waals surface area contributed by atoms with Gasteiger partial charge in [0.05, 0.1) is 0 Å². The third-order valence-electron chi connectivity index (χ3n) is 5.34. The predicted octanol–water partition coefficient (Wildman–Crippen LogP) is 7.27. The van der Waals surface area contributed by atoms with Crippen LogP contribution < -0.4 is 5.32 Å². The zero-order valence-electron chi connectivity index (χ0n) is 18.5.